The maximum absolute atomic E-state index is 13.0. The zero-order chi connectivity index (χ0) is 19.5. The van der Waals surface area contributed by atoms with Gasteiger partial charge in [-0.15, -0.1) is 0 Å². The molecule has 0 unspecified atom stereocenters. The molecule has 0 atom stereocenters. The van der Waals surface area contributed by atoms with Crippen LogP contribution in [0, 0.1) is 5.82 Å². The number of esters is 1. The fourth-order valence-electron chi connectivity index (χ4n) is 2.59. The summed E-state index contributed by atoms with van der Waals surface area (Å²) in [4.78, 5) is 24.7. The molecule has 4 aromatic rings. The Morgan fingerprint density at radius 3 is 2.36 bits per heavy atom. The van der Waals surface area contributed by atoms with Crippen LogP contribution < -0.4 is 14.9 Å². The van der Waals surface area contributed by atoms with Gasteiger partial charge in [0.15, 0.2) is 0 Å². The molecular formula is C22H13FO5. The quantitative estimate of drug-likeness (QED) is 0.373. The first-order chi connectivity index (χ1) is 13.6. The molecule has 1 heterocycles. The van der Waals surface area contributed by atoms with Gasteiger partial charge in [-0.05, 0) is 48.5 Å². The Labute approximate surface area is 158 Å². The molecule has 0 amide bonds. The van der Waals surface area contributed by atoms with E-state index in [0.29, 0.717) is 11.3 Å². The lowest BCUT2D eigenvalue weighted by molar-refractivity contribution is 0.0735. The fraction of sp³-hybridized carbons (Fsp3) is 0. The van der Waals surface area contributed by atoms with Gasteiger partial charge in [-0.2, -0.15) is 0 Å². The first-order valence-corrected chi connectivity index (χ1v) is 8.36. The zero-order valence-electron chi connectivity index (χ0n) is 14.4. The second-order valence-corrected chi connectivity index (χ2v) is 5.90. The molecule has 138 valence electrons. The summed E-state index contributed by atoms with van der Waals surface area (Å²) in [6.07, 6.45) is 1.16. The first-order valence-electron chi connectivity index (χ1n) is 8.36. The summed E-state index contributed by atoms with van der Waals surface area (Å²) in [7, 11) is 0. The Hall–Kier alpha value is -3.93. The predicted octanol–water partition coefficient (Wildman–Crippen LogP) is 4.94. The molecular weight excluding hydrogens is 363 g/mol. The summed E-state index contributed by atoms with van der Waals surface area (Å²) in [5.41, 5.74) is 0.258. The lowest BCUT2D eigenvalue weighted by Crippen LogP contribution is -2.09. The van der Waals surface area contributed by atoms with Gasteiger partial charge >= 0.3 is 5.97 Å². The number of benzene rings is 3. The van der Waals surface area contributed by atoms with Crippen LogP contribution in [0.15, 0.2) is 88.3 Å². The number of halogens is 1. The predicted molar refractivity (Wildman–Crippen MR) is 100 cm³/mol. The van der Waals surface area contributed by atoms with Gasteiger partial charge in [0.25, 0.3) is 0 Å². The van der Waals surface area contributed by atoms with Crippen molar-refractivity contribution < 1.29 is 23.1 Å². The standard InChI is InChI=1S/C22H13FO5/c23-15-6-8-16(9-7-15)27-20-13-26-19-12-17(10-11-18(19)21(20)24)28-22(25)14-4-2-1-3-5-14/h1-13H. The zero-order valence-corrected chi connectivity index (χ0v) is 14.4. The summed E-state index contributed by atoms with van der Waals surface area (Å²) in [5.74, 6) is -0.402. The number of rotatable bonds is 4. The lowest BCUT2D eigenvalue weighted by Gasteiger charge is -2.07. The molecule has 4 rings (SSSR count). The van der Waals surface area contributed by atoms with Gasteiger partial charge < -0.3 is 13.9 Å². The molecule has 0 N–H and O–H groups in total. The molecule has 0 bridgehead atoms. The van der Waals surface area contributed by atoms with E-state index in [1.807, 2.05) is 0 Å². The minimum absolute atomic E-state index is 0.0341. The maximum Gasteiger partial charge on any atom is 0.343 e. The smallest absolute Gasteiger partial charge is 0.343 e. The van der Waals surface area contributed by atoms with Crippen molar-refractivity contribution in [2.45, 2.75) is 0 Å². The van der Waals surface area contributed by atoms with E-state index in [0.717, 1.165) is 6.26 Å². The Morgan fingerprint density at radius 2 is 1.61 bits per heavy atom. The van der Waals surface area contributed by atoms with Crippen LogP contribution in [0.4, 0.5) is 4.39 Å². The van der Waals surface area contributed by atoms with Crippen molar-refractivity contribution >= 4 is 16.9 Å². The SMILES string of the molecule is O=C(Oc1ccc2c(=O)c(Oc3ccc(F)cc3)coc2c1)c1ccccc1. The van der Waals surface area contributed by atoms with Crippen molar-refractivity contribution in [2.24, 2.45) is 0 Å². The Kier molecular flexibility index (Phi) is 4.60. The summed E-state index contributed by atoms with van der Waals surface area (Å²) >= 11 is 0. The Bertz CT molecular complexity index is 1200. The minimum Gasteiger partial charge on any atom is -0.460 e. The average Bonchev–Trinajstić information content (AvgIpc) is 2.72. The molecule has 0 aliphatic heterocycles. The number of carbonyl (C=O) groups is 1. The van der Waals surface area contributed by atoms with E-state index in [9.17, 15) is 14.0 Å². The van der Waals surface area contributed by atoms with Crippen LogP contribution in [0.25, 0.3) is 11.0 Å². The molecule has 0 saturated heterocycles. The molecule has 0 aliphatic rings. The van der Waals surface area contributed by atoms with Crippen LogP contribution in [-0.4, -0.2) is 5.97 Å². The van der Waals surface area contributed by atoms with E-state index in [4.69, 9.17) is 13.9 Å². The normalized spacial score (nSPS) is 10.6. The number of ether oxygens (including phenoxy) is 2. The second-order valence-electron chi connectivity index (χ2n) is 5.90. The van der Waals surface area contributed by atoms with Crippen molar-refractivity contribution in [3.8, 4) is 17.2 Å². The van der Waals surface area contributed by atoms with Crippen LogP contribution in [-0.2, 0) is 0 Å². The number of hydrogen-bond donors (Lipinski definition) is 0. The van der Waals surface area contributed by atoms with Gasteiger partial charge in [-0.25, -0.2) is 9.18 Å². The molecule has 28 heavy (non-hydrogen) atoms. The minimum atomic E-state index is -0.515. The highest BCUT2D eigenvalue weighted by atomic mass is 19.1. The monoisotopic (exact) mass is 376 g/mol. The third-order valence-corrected chi connectivity index (χ3v) is 3.98. The number of carbonyl (C=O) groups excluding carboxylic acids is 1. The van der Waals surface area contributed by atoms with Crippen molar-refractivity contribution in [1.29, 1.82) is 0 Å². The second kappa shape index (κ2) is 7.36. The van der Waals surface area contributed by atoms with E-state index in [-0.39, 0.29) is 22.5 Å². The summed E-state index contributed by atoms with van der Waals surface area (Å²) in [6, 6.07) is 18.3. The van der Waals surface area contributed by atoms with Gasteiger partial charge in [-0.3, -0.25) is 4.79 Å². The number of hydrogen-bond acceptors (Lipinski definition) is 5. The van der Waals surface area contributed by atoms with E-state index in [1.54, 1.807) is 30.3 Å². The molecule has 0 radical (unpaired) electrons. The maximum atomic E-state index is 13.0. The fourth-order valence-corrected chi connectivity index (χ4v) is 2.59. The van der Waals surface area contributed by atoms with Gasteiger partial charge in [-0.1, -0.05) is 18.2 Å². The van der Waals surface area contributed by atoms with Crippen LogP contribution in [0.2, 0.25) is 0 Å². The van der Waals surface area contributed by atoms with Crippen molar-refractivity contribution in [1.82, 2.24) is 0 Å². The van der Waals surface area contributed by atoms with Crippen molar-refractivity contribution in [2.75, 3.05) is 0 Å². The highest BCUT2D eigenvalue weighted by Crippen LogP contribution is 2.24. The van der Waals surface area contributed by atoms with E-state index in [2.05, 4.69) is 0 Å². The molecule has 0 saturated carbocycles. The third kappa shape index (κ3) is 3.61. The molecule has 1 aromatic heterocycles. The molecule has 6 heteroatoms. The average molecular weight is 376 g/mol. The summed E-state index contributed by atoms with van der Waals surface area (Å²) in [5, 5.41) is 0.263. The van der Waals surface area contributed by atoms with E-state index in [1.165, 1.54) is 42.5 Å². The van der Waals surface area contributed by atoms with Gasteiger partial charge in [0.2, 0.25) is 11.2 Å². The molecule has 0 aliphatic carbocycles. The largest absolute Gasteiger partial charge is 0.460 e. The van der Waals surface area contributed by atoms with Gasteiger partial charge in [0.05, 0.1) is 10.9 Å². The molecule has 0 spiro atoms. The van der Waals surface area contributed by atoms with Crippen LogP contribution >= 0.6 is 0 Å². The first kappa shape index (κ1) is 17.5. The Morgan fingerprint density at radius 1 is 0.893 bits per heavy atom. The highest BCUT2D eigenvalue weighted by Gasteiger charge is 2.13. The lowest BCUT2D eigenvalue weighted by atomic mass is 10.2. The highest BCUT2D eigenvalue weighted by molar-refractivity contribution is 5.91. The van der Waals surface area contributed by atoms with Crippen LogP contribution in [0.5, 0.6) is 17.2 Å². The van der Waals surface area contributed by atoms with E-state index < -0.39 is 17.2 Å². The molecule has 5 nitrogen and oxygen atoms in total. The van der Waals surface area contributed by atoms with Crippen LogP contribution in [0.1, 0.15) is 10.4 Å². The van der Waals surface area contributed by atoms with Gasteiger partial charge in [0, 0.05) is 6.07 Å². The van der Waals surface area contributed by atoms with Crippen molar-refractivity contribution in [3.05, 3.63) is 101 Å². The van der Waals surface area contributed by atoms with Crippen LogP contribution in [0.3, 0.4) is 0 Å². The topological polar surface area (TPSA) is 65.7 Å². The summed E-state index contributed by atoms with van der Waals surface area (Å²) in [6.45, 7) is 0. The van der Waals surface area contributed by atoms with Gasteiger partial charge in [0.1, 0.15) is 29.2 Å². The Balaban J connectivity index is 1.60. The third-order valence-electron chi connectivity index (χ3n) is 3.98. The van der Waals surface area contributed by atoms with E-state index >= 15 is 0 Å². The molecule has 3 aromatic carbocycles. The molecule has 0 fully saturated rings. The number of fused-ring (bicyclic) bond motifs is 1. The van der Waals surface area contributed by atoms with Crippen molar-refractivity contribution in [3.63, 3.8) is 0 Å². The summed E-state index contributed by atoms with van der Waals surface area (Å²) < 4.78 is 29.2.